The zero-order valence-electron chi connectivity index (χ0n) is 10.8. The maximum Gasteiger partial charge on any atom is 0.325 e. The lowest BCUT2D eigenvalue weighted by Crippen LogP contribution is -2.31. The van der Waals surface area contributed by atoms with Crippen LogP contribution in [0.3, 0.4) is 0 Å². The highest BCUT2D eigenvalue weighted by Gasteiger charge is 2.30. The summed E-state index contributed by atoms with van der Waals surface area (Å²) in [5.74, 6) is 0. The molecule has 0 bridgehead atoms. The summed E-state index contributed by atoms with van der Waals surface area (Å²) in [6, 6.07) is 11.2. The molecular formula is C14H14ClN3OS. The molecule has 0 saturated carbocycles. The minimum Gasteiger partial charge on any atom is -0.397 e. The molecule has 2 amide bonds. The van der Waals surface area contributed by atoms with E-state index in [1.807, 2.05) is 41.3 Å². The second-order valence-electron chi connectivity index (χ2n) is 4.62. The predicted molar refractivity (Wildman–Crippen MR) is 83.3 cm³/mol. The Morgan fingerprint density at radius 2 is 2.00 bits per heavy atom. The zero-order chi connectivity index (χ0) is 14.1. The number of benzene rings is 1. The number of urea groups is 1. The van der Waals surface area contributed by atoms with E-state index in [4.69, 9.17) is 17.3 Å². The van der Waals surface area contributed by atoms with Crippen LogP contribution < -0.4 is 10.6 Å². The Hall–Kier alpha value is -1.72. The number of rotatable bonds is 3. The van der Waals surface area contributed by atoms with E-state index in [-0.39, 0.29) is 6.03 Å². The minimum absolute atomic E-state index is 0.00702. The number of carbonyl (C=O) groups is 1. The van der Waals surface area contributed by atoms with E-state index in [1.165, 1.54) is 11.3 Å². The van der Waals surface area contributed by atoms with Gasteiger partial charge in [0.2, 0.25) is 0 Å². The zero-order valence-corrected chi connectivity index (χ0v) is 12.3. The number of nitrogen functional groups attached to an aromatic ring is 1. The maximum atomic E-state index is 12.4. The second kappa shape index (κ2) is 5.34. The molecule has 0 radical (unpaired) electrons. The van der Waals surface area contributed by atoms with Crippen molar-refractivity contribution in [2.45, 2.75) is 6.54 Å². The summed E-state index contributed by atoms with van der Waals surface area (Å²) in [4.78, 5) is 17.1. The predicted octanol–water partition coefficient (Wildman–Crippen LogP) is 3.43. The Kier molecular flexibility index (Phi) is 3.54. The minimum atomic E-state index is -0.00702. The molecule has 0 spiro atoms. The fourth-order valence-electron chi connectivity index (χ4n) is 2.31. The fraction of sp³-hybridized carbons (Fsp3) is 0.214. The van der Waals surface area contributed by atoms with Gasteiger partial charge in [0.05, 0.1) is 22.3 Å². The number of para-hydroxylation sites is 2. The van der Waals surface area contributed by atoms with Crippen molar-refractivity contribution in [2.24, 2.45) is 0 Å². The van der Waals surface area contributed by atoms with Gasteiger partial charge in [-0.25, -0.2) is 4.79 Å². The van der Waals surface area contributed by atoms with Crippen molar-refractivity contribution >= 4 is 40.3 Å². The highest BCUT2D eigenvalue weighted by Crippen LogP contribution is 2.28. The summed E-state index contributed by atoms with van der Waals surface area (Å²) < 4.78 is 0.746. The molecular weight excluding hydrogens is 294 g/mol. The molecule has 1 aliphatic rings. The molecule has 1 aromatic heterocycles. The van der Waals surface area contributed by atoms with Crippen LogP contribution in [0.4, 0.5) is 16.2 Å². The molecule has 104 valence electrons. The number of thiophene rings is 1. The Morgan fingerprint density at radius 3 is 2.70 bits per heavy atom. The van der Waals surface area contributed by atoms with Crippen molar-refractivity contribution in [3.63, 3.8) is 0 Å². The van der Waals surface area contributed by atoms with Gasteiger partial charge in [0, 0.05) is 18.0 Å². The normalized spacial score (nSPS) is 15.2. The van der Waals surface area contributed by atoms with Crippen LogP contribution in [0.1, 0.15) is 4.88 Å². The summed E-state index contributed by atoms with van der Waals surface area (Å²) in [7, 11) is 0. The quantitative estimate of drug-likeness (QED) is 0.883. The molecule has 0 atom stereocenters. The Bertz CT molecular complexity index is 643. The number of nitrogens with zero attached hydrogens (tertiary/aromatic N) is 2. The number of amides is 2. The number of hydrogen-bond donors (Lipinski definition) is 1. The maximum absolute atomic E-state index is 12.4. The Labute approximate surface area is 126 Å². The van der Waals surface area contributed by atoms with E-state index < -0.39 is 0 Å². The smallest absolute Gasteiger partial charge is 0.325 e. The molecule has 3 rings (SSSR count). The van der Waals surface area contributed by atoms with Gasteiger partial charge in [-0.05, 0) is 24.3 Å². The summed E-state index contributed by atoms with van der Waals surface area (Å²) in [5, 5.41) is 0. The van der Waals surface area contributed by atoms with Crippen molar-refractivity contribution in [1.29, 1.82) is 0 Å². The largest absolute Gasteiger partial charge is 0.397 e. The van der Waals surface area contributed by atoms with Crippen LogP contribution >= 0.6 is 22.9 Å². The van der Waals surface area contributed by atoms with Crippen LogP contribution in [0.2, 0.25) is 4.34 Å². The van der Waals surface area contributed by atoms with Crippen LogP contribution in [0.5, 0.6) is 0 Å². The van der Waals surface area contributed by atoms with Crippen molar-refractivity contribution < 1.29 is 4.79 Å². The molecule has 2 heterocycles. The van der Waals surface area contributed by atoms with Crippen molar-refractivity contribution in [2.75, 3.05) is 23.7 Å². The van der Waals surface area contributed by atoms with Gasteiger partial charge >= 0.3 is 6.03 Å². The van der Waals surface area contributed by atoms with E-state index in [9.17, 15) is 4.79 Å². The molecule has 4 nitrogen and oxygen atoms in total. The molecule has 6 heteroatoms. The first kappa shape index (κ1) is 13.3. The topological polar surface area (TPSA) is 49.6 Å². The van der Waals surface area contributed by atoms with Gasteiger partial charge in [-0.3, -0.25) is 4.90 Å². The number of halogens is 1. The molecule has 20 heavy (non-hydrogen) atoms. The van der Waals surface area contributed by atoms with Crippen molar-refractivity contribution in [3.8, 4) is 0 Å². The van der Waals surface area contributed by atoms with Gasteiger partial charge in [0.15, 0.2) is 0 Å². The monoisotopic (exact) mass is 307 g/mol. The van der Waals surface area contributed by atoms with Crippen LogP contribution in [-0.4, -0.2) is 24.0 Å². The number of nitrogens with two attached hydrogens (primary N) is 1. The average molecular weight is 308 g/mol. The lowest BCUT2D eigenvalue weighted by atomic mass is 10.2. The van der Waals surface area contributed by atoms with Gasteiger partial charge in [-0.15, -0.1) is 11.3 Å². The van der Waals surface area contributed by atoms with Crippen LogP contribution in [0.25, 0.3) is 0 Å². The van der Waals surface area contributed by atoms with E-state index in [2.05, 4.69) is 0 Å². The summed E-state index contributed by atoms with van der Waals surface area (Å²) in [6.07, 6.45) is 0. The van der Waals surface area contributed by atoms with E-state index in [0.717, 1.165) is 14.9 Å². The van der Waals surface area contributed by atoms with Gasteiger partial charge in [-0.2, -0.15) is 0 Å². The summed E-state index contributed by atoms with van der Waals surface area (Å²) in [6.45, 7) is 1.95. The SMILES string of the molecule is Nc1ccccc1N1CCN(Cc2ccc(Cl)s2)C1=O. The lowest BCUT2D eigenvalue weighted by molar-refractivity contribution is 0.219. The molecule has 2 aromatic rings. The highest BCUT2D eigenvalue weighted by atomic mass is 35.5. The third-order valence-electron chi connectivity index (χ3n) is 3.30. The third-order valence-corrected chi connectivity index (χ3v) is 4.51. The van der Waals surface area contributed by atoms with Crippen molar-refractivity contribution in [1.82, 2.24) is 4.90 Å². The summed E-state index contributed by atoms with van der Waals surface area (Å²) in [5.41, 5.74) is 7.34. The fourth-order valence-corrected chi connectivity index (χ4v) is 3.41. The number of hydrogen-bond acceptors (Lipinski definition) is 3. The molecule has 2 N–H and O–H groups in total. The first-order valence-electron chi connectivity index (χ1n) is 6.30. The van der Waals surface area contributed by atoms with Gasteiger partial charge in [-0.1, -0.05) is 23.7 Å². The first-order chi connectivity index (χ1) is 9.65. The van der Waals surface area contributed by atoms with Gasteiger partial charge in [0.1, 0.15) is 0 Å². The third kappa shape index (κ3) is 2.46. The molecule has 1 aliphatic heterocycles. The second-order valence-corrected chi connectivity index (χ2v) is 6.42. The van der Waals surface area contributed by atoms with E-state index in [1.54, 1.807) is 4.90 Å². The van der Waals surface area contributed by atoms with Gasteiger partial charge in [0.25, 0.3) is 0 Å². The first-order valence-corrected chi connectivity index (χ1v) is 7.50. The van der Waals surface area contributed by atoms with E-state index in [0.29, 0.717) is 25.3 Å². The molecule has 0 unspecified atom stereocenters. The van der Waals surface area contributed by atoms with E-state index >= 15 is 0 Å². The molecule has 1 aromatic carbocycles. The standard InChI is InChI=1S/C14H14ClN3OS/c15-13-6-5-10(20-13)9-17-7-8-18(14(17)19)12-4-2-1-3-11(12)16/h1-6H,7-9,16H2. The van der Waals surface area contributed by atoms with Crippen LogP contribution in [0.15, 0.2) is 36.4 Å². The summed E-state index contributed by atoms with van der Waals surface area (Å²) >= 11 is 7.42. The Balaban J connectivity index is 1.76. The lowest BCUT2D eigenvalue weighted by Gasteiger charge is -2.19. The molecule has 0 aliphatic carbocycles. The van der Waals surface area contributed by atoms with Crippen molar-refractivity contribution in [3.05, 3.63) is 45.6 Å². The van der Waals surface area contributed by atoms with Crippen LogP contribution in [-0.2, 0) is 6.54 Å². The number of anilines is 2. The molecule has 1 fully saturated rings. The highest BCUT2D eigenvalue weighted by molar-refractivity contribution is 7.16. The van der Waals surface area contributed by atoms with Gasteiger partial charge < -0.3 is 10.6 Å². The average Bonchev–Trinajstić information content (AvgIpc) is 2.99. The molecule has 1 saturated heterocycles. The Morgan fingerprint density at radius 1 is 1.20 bits per heavy atom. The van der Waals surface area contributed by atoms with Crippen LogP contribution in [0, 0.1) is 0 Å². The number of carbonyl (C=O) groups excluding carboxylic acids is 1.